The fraction of sp³-hybridized carbons (Fsp3) is 0.600. The molecule has 0 radical (unpaired) electrons. The fourth-order valence-corrected chi connectivity index (χ4v) is 3.68. The van der Waals surface area contributed by atoms with Crippen LogP contribution in [-0.2, 0) is 21.9 Å². The smallest absolute Gasteiger partial charge is 0.256 e. The van der Waals surface area contributed by atoms with Crippen molar-refractivity contribution < 1.29 is 13.2 Å². The van der Waals surface area contributed by atoms with Gasteiger partial charge in [0.1, 0.15) is 0 Å². The maximum Gasteiger partial charge on any atom is 0.260 e. The molecule has 2 rings (SSSR count). The third-order valence-corrected chi connectivity index (χ3v) is 4.92. The lowest BCUT2D eigenvalue weighted by Crippen LogP contribution is -2.42. The molecule has 1 aliphatic rings. The Morgan fingerprint density at radius 2 is 2.33 bits per heavy atom. The van der Waals surface area contributed by atoms with Crippen LogP contribution in [0.5, 0.6) is 0 Å². The van der Waals surface area contributed by atoms with E-state index in [1.807, 2.05) is 0 Å². The molecule has 8 heteroatoms. The van der Waals surface area contributed by atoms with Gasteiger partial charge in [0.25, 0.3) is 10.0 Å². The number of sulfonamides is 1. The van der Waals surface area contributed by atoms with Gasteiger partial charge in [-0.2, -0.15) is 9.40 Å². The highest BCUT2D eigenvalue weighted by Gasteiger charge is 2.31. The van der Waals surface area contributed by atoms with Gasteiger partial charge in [0.15, 0.2) is 5.03 Å². The first-order valence-corrected chi connectivity index (χ1v) is 7.05. The van der Waals surface area contributed by atoms with Crippen molar-refractivity contribution in [1.29, 1.82) is 0 Å². The fourth-order valence-electron chi connectivity index (χ4n) is 2.07. The molecule has 0 aromatic carbocycles. The van der Waals surface area contributed by atoms with Gasteiger partial charge in [-0.05, 0) is 18.9 Å². The standard InChI is InChI=1S/C10H14N4O3S/c1-13-10(4-5-12-13)18(16,17)14-6-2-3-9(7-14)11-8-15/h4-5,9H,2-3,6-7H2,1H3. The quantitative estimate of drug-likeness (QED) is 0.567. The lowest BCUT2D eigenvalue weighted by Gasteiger charge is -2.28. The Morgan fingerprint density at radius 3 is 2.94 bits per heavy atom. The molecule has 1 aromatic heterocycles. The highest BCUT2D eigenvalue weighted by molar-refractivity contribution is 7.89. The van der Waals surface area contributed by atoms with Gasteiger partial charge >= 0.3 is 0 Å². The molecular weight excluding hydrogens is 256 g/mol. The zero-order valence-corrected chi connectivity index (χ0v) is 10.8. The summed E-state index contributed by atoms with van der Waals surface area (Å²) in [6.07, 6.45) is 4.34. The summed E-state index contributed by atoms with van der Waals surface area (Å²) in [6.45, 7) is 0.668. The van der Waals surface area contributed by atoms with E-state index >= 15 is 0 Å². The van der Waals surface area contributed by atoms with Crippen molar-refractivity contribution in [3.8, 4) is 0 Å². The first-order chi connectivity index (χ1) is 8.55. The molecule has 1 saturated heterocycles. The molecule has 1 fully saturated rings. The second-order valence-electron chi connectivity index (χ2n) is 4.17. The van der Waals surface area contributed by atoms with Crippen LogP contribution in [0.1, 0.15) is 12.8 Å². The number of hydrogen-bond acceptors (Lipinski definition) is 5. The number of rotatable bonds is 3. The van der Waals surface area contributed by atoms with Gasteiger partial charge in [-0.1, -0.05) is 0 Å². The van der Waals surface area contributed by atoms with E-state index in [0.29, 0.717) is 19.4 Å². The van der Waals surface area contributed by atoms with Gasteiger partial charge in [0.05, 0.1) is 12.2 Å². The summed E-state index contributed by atoms with van der Waals surface area (Å²) in [4.78, 5) is 13.9. The Morgan fingerprint density at radius 1 is 1.56 bits per heavy atom. The summed E-state index contributed by atoms with van der Waals surface area (Å²) in [5.41, 5.74) is 0. The Hall–Kier alpha value is -1.50. The van der Waals surface area contributed by atoms with Crippen LogP contribution in [0, 0.1) is 0 Å². The van der Waals surface area contributed by atoms with E-state index in [2.05, 4.69) is 10.1 Å². The van der Waals surface area contributed by atoms with Crippen LogP contribution in [0.15, 0.2) is 22.3 Å². The summed E-state index contributed by atoms with van der Waals surface area (Å²) in [7, 11) is -1.98. The zero-order chi connectivity index (χ0) is 13.2. The number of piperidine rings is 1. The summed E-state index contributed by atoms with van der Waals surface area (Å²) < 4.78 is 27.4. The topological polar surface area (TPSA) is 84.6 Å². The number of hydrogen-bond donors (Lipinski definition) is 0. The summed E-state index contributed by atoms with van der Waals surface area (Å²) in [5, 5.41) is 4.01. The SMILES string of the molecule is Cn1nccc1S(=O)(=O)N1CCCC(N=C=O)C1. The molecule has 1 atom stereocenters. The third kappa shape index (κ3) is 2.35. The van der Waals surface area contributed by atoms with Crippen LogP contribution >= 0.6 is 0 Å². The normalized spacial score (nSPS) is 21.5. The molecule has 0 saturated carbocycles. The van der Waals surface area contributed by atoms with Gasteiger partial charge in [0, 0.05) is 20.1 Å². The number of aromatic nitrogens is 2. The molecule has 7 nitrogen and oxygen atoms in total. The molecule has 98 valence electrons. The highest BCUT2D eigenvalue weighted by Crippen LogP contribution is 2.21. The minimum Gasteiger partial charge on any atom is -0.256 e. The predicted octanol–water partition coefficient (Wildman–Crippen LogP) is -0.0910. The van der Waals surface area contributed by atoms with Crippen molar-refractivity contribution in [2.24, 2.45) is 12.0 Å². The van der Waals surface area contributed by atoms with Gasteiger partial charge in [-0.3, -0.25) is 4.68 Å². The first-order valence-electron chi connectivity index (χ1n) is 5.61. The van der Waals surface area contributed by atoms with E-state index < -0.39 is 10.0 Å². The molecule has 0 aliphatic carbocycles. The molecule has 0 bridgehead atoms. The van der Waals surface area contributed by atoms with Crippen LogP contribution in [0.2, 0.25) is 0 Å². The average molecular weight is 270 g/mol. The van der Waals surface area contributed by atoms with E-state index in [1.165, 1.54) is 27.3 Å². The summed E-state index contributed by atoms with van der Waals surface area (Å²) >= 11 is 0. The van der Waals surface area contributed by atoms with E-state index in [0.717, 1.165) is 0 Å². The summed E-state index contributed by atoms with van der Waals surface area (Å²) in [6, 6.07) is 1.17. The van der Waals surface area contributed by atoms with Crippen molar-refractivity contribution >= 4 is 16.1 Å². The Bertz CT molecular complexity index is 574. The van der Waals surface area contributed by atoms with E-state index in [-0.39, 0.29) is 17.6 Å². The second kappa shape index (κ2) is 5.01. The Labute approximate surface area is 105 Å². The Balaban J connectivity index is 2.25. The lowest BCUT2D eigenvalue weighted by atomic mass is 10.1. The number of carbonyl (C=O) groups excluding carboxylic acids is 1. The van der Waals surface area contributed by atoms with Gasteiger partial charge in [-0.15, -0.1) is 0 Å². The van der Waals surface area contributed by atoms with Crippen molar-refractivity contribution in [2.75, 3.05) is 13.1 Å². The van der Waals surface area contributed by atoms with Crippen molar-refractivity contribution in [3.05, 3.63) is 12.3 Å². The number of aliphatic imine (C=N–C) groups is 1. The predicted molar refractivity (Wildman–Crippen MR) is 63.1 cm³/mol. The number of nitrogens with zero attached hydrogens (tertiary/aromatic N) is 4. The highest BCUT2D eigenvalue weighted by atomic mass is 32.2. The van der Waals surface area contributed by atoms with Crippen LogP contribution < -0.4 is 0 Å². The molecule has 0 N–H and O–H groups in total. The molecule has 2 heterocycles. The molecule has 1 aromatic rings. The minimum atomic E-state index is -3.56. The van der Waals surface area contributed by atoms with Crippen molar-refractivity contribution in [3.63, 3.8) is 0 Å². The minimum absolute atomic E-state index is 0.151. The van der Waals surface area contributed by atoms with Gasteiger partial charge < -0.3 is 0 Å². The molecule has 1 aliphatic heterocycles. The monoisotopic (exact) mass is 270 g/mol. The molecule has 18 heavy (non-hydrogen) atoms. The largest absolute Gasteiger partial charge is 0.260 e. The van der Waals surface area contributed by atoms with Crippen molar-refractivity contribution in [2.45, 2.75) is 23.9 Å². The van der Waals surface area contributed by atoms with E-state index in [9.17, 15) is 13.2 Å². The van der Waals surface area contributed by atoms with Gasteiger partial charge in [0.2, 0.25) is 6.08 Å². The van der Waals surface area contributed by atoms with Crippen LogP contribution in [0.4, 0.5) is 0 Å². The average Bonchev–Trinajstić information content (AvgIpc) is 2.77. The molecule has 0 spiro atoms. The lowest BCUT2D eigenvalue weighted by molar-refractivity contribution is 0.314. The molecule has 1 unspecified atom stereocenters. The number of isocyanates is 1. The summed E-state index contributed by atoms with van der Waals surface area (Å²) in [5.74, 6) is 0. The second-order valence-corrected chi connectivity index (χ2v) is 6.06. The van der Waals surface area contributed by atoms with E-state index in [4.69, 9.17) is 0 Å². The van der Waals surface area contributed by atoms with Crippen molar-refractivity contribution in [1.82, 2.24) is 14.1 Å². The third-order valence-electron chi connectivity index (χ3n) is 2.97. The first kappa shape index (κ1) is 12.9. The van der Waals surface area contributed by atoms with Crippen LogP contribution in [0.3, 0.4) is 0 Å². The maximum atomic E-state index is 12.3. The van der Waals surface area contributed by atoms with Crippen LogP contribution in [-0.4, -0.2) is 47.7 Å². The number of aryl methyl sites for hydroxylation is 1. The maximum absolute atomic E-state index is 12.3. The molecular formula is C10H14N4O3S. The van der Waals surface area contributed by atoms with Gasteiger partial charge in [-0.25, -0.2) is 18.2 Å². The zero-order valence-electron chi connectivity index (χ0n) is 9.98. The Kier molecular flexibility index (Phi) is 3.60. The molecule has 0 amide bonds. The van der Waals surface area contributed by atoms with Crippen LogP contribution in [0.25, 0.3) is 0 Å². The van der Waals surface area contributed by atoms with E-state index in [1.54, 1.807) is 7.05 Å².